The predicted molar refractivity (Wildman–Crippen MR) is 134 cm³/mol. The van der Waals surface area contributed by atoms with Gasteiger partial charge in [-0.2, -0.15) is 10.1 Å². The van der Waals surface area contributed by atoms with Crippen molar-refractivity contribution in [1.29, 1.82) is 0 Å². The lowest BCUT2D eigenvalue weighted by atomic mass is 9.82. The third kappa shape index (κ3) is 5.28. The van der Waals surface area contributed by atoms with Gasteiger partial charge in [0.05, 0.1) is 11.6 Å². The first-order valence-corrected chi connectivity index (χ1v) is 12.3. The second-order valence-electron chi connectivity index (χ2n) is 9.71. The Balaban J connectivity index is 1.23. The minimum atomic E-state index is 0.620. The highest BCUT2D eigenvalue weighted by Crippen LogP contribution is 2.30. The van der Waals surface area contributed by atoms with Gasteiger partial charge in [-0.05, 0) is 82.4 Å². The van der Waals surface area contributed by atoms with Gasteiger partial charge in [0.15, 0.2) is 5.65 Å². The van der Waals surface area contributed by atoms with Crippen LogP contribution in [0.4, 0.5) is 17.3 Å². The molecule has 1 saturated heterocycles. The van der Waals surface area contributed by atoms with Crippen LogP contribution in [0.15, 0.2) is 36.7 Å². The summed E-state index contributed by atoms with van der Waals surface area (Å²) < 4.78 is 2.07. The Morgan fingerprint density at radius 2 is 1.67 bits per heavy atom. The highest BCUT2D eigenvalue weighted by Gasteiger charge is 2.22. The van der Waals surface area contributed by atoms with Gasteiger partial charge in [0.1, 0.15) is 0 Å². The maximum Gasteiger partial charge on any atom is 0.229 e. The molecule has 3 heterocycles. The molecule has 2 fully saturated rings. The lowest BCUT2D eigenvalue weighted by Crippen LogP contribution is -2.44. The summed E-state index contributed by atoms with van der Waals surface area (Å²) in [4.78, 5) is 14.1. The minimum absolute atomic E-state index is 0.620. The lowest BCUT2D eigenvalue weighted by molar-refractivity contribution is 0.245. The van der Waals surface area contributed by atoms with Gasteiger partial charge >= 0.3 is 0 Å². The van der Waals surface area contributed by atoms with E-state index in [2.05, 4.69) is 73.6 Å². The average Bonchev–Trinajstić information content (AvgIpc) is 3.23. The van der Waals surface area contributed by atoms with E-state index in [0.717, 1.165) is 61.9 Å². The second kappa shape index (κ2) is 10.1. The topological polar surface area (TPSA) is 74.1 Å². The zero-order chi connectivity index (χ0) is 22.6. The van der Waals surface area contributed by atoms with E-state index in [9.17, 15) is 0 Å². The molecule has 8 heteroatoms. The van der Waals surface area contributed by atoms with E-state index >= 15 is 0 Å². The molecule has 1 aliphatic heterocycles. The molecule has 176 valence electrons. The number of fused-ring (bicyclic) bond motifs is 1. The summed E-state index contributed by atoms with van der Waals surface area (Å²) in [5.74, 6) is 2.12. The first-order valence-electron chi connectivity index (χ1n) is 12.3. The van der Waals surface area contributed by atoms with Crippen LogP contribution < -0.4 is 15.5 Å². The van der Waals surface area contributed by atoms with Crippen LogP contribution >= 0.6 is 0 Å². The molecule has 8 nitrogen and oxygen atoms in total. The Bertz CT molecular complexity index is 1030. The number of likely N-dealkylation sites (N-methyl/N-ethyl adjacent to an activating group) is 1. The van der Waals surface area contributed by atoms with Crippen molar-refractivity contribution in [3.05, 3.63) is 36.7 Å². The van der Waals surface area contributed by atoms with E-state index in [1.807, 2.05) is 12.4 Å². The summed E-state index contributed by atoms with van der Waals surface area (Å²) in [6.45, 7) is 6.44. The molecule has 1 aromatic carbocycles. The molecule has 0 amide bonds. The Hall–Kier alpha value is -2.71. The zero-order valence-corrected chi connectivity index (χ0v) is 19.9. The molecule has 0 spiro atoms. The van der Waals surface area contributed by atoms with Gasteiger partial charge in [-0.25, -0.2) is 9.67 Å². The van der Waals surface area contributed by atoms with Crippen LogP contribution in [0.1, 0.15) is 25.7 Å². The van der Waals surface area contributed by atoms with Crippen molar-refractivity contribution in [2.45, 2.75) is 32.2 Å². The monoisotopic (exact) mass is 448 g/mol. The number of hydrogen-bond acceptors (Lipinski definition) is 7. The molecule has 0 radical (unpaired) electrons. The summed E-state index contributed by atoms with van der Waals surface area (Å²) in [6.07, 6.45) is 8.90. The molecule has 5 rings (SSSR count). The van der Waals surface area contributed by atoms with Crippen molar-refractivity contribution in [3.8, 4) is 0 Å². The standard InChI is InChI=1S/C25H36N8/c1-26-15-19-3-5-20(6-4-19)18-33-24-21(17-28-33)16-27-25(30-24)29-22-7-9-23(10-8-22)32-13-11-31(2)12-14-32/h7-10,16-17,19-20,26H,3-6,11-15,18H2,1-2H3,(H,27,29,30). The van der Waals surface area contributed by atoms with Crippen LogP contribution in [0.3, 0.4) is 0 Å². The lowest BCUT2D eigenvalue weighted by Gasteiger charge is -2.34. The Labute approximate surface area is 196 Å². The maximum atomic E-state index is 4.81. The van der Waals surface area contributed by atoms with Crippen LogP contribution in [0.5, 0.6) is 0 Å². The third-order valence-electron chi connectivity index (χ3n) is 7.26. The number of rotatable bonds is 7. The summed E-state index contributed by atoms with van der Waals surface area (Å²) >= 11 is 0. The minimum Gasteiger partial charge on any atom is -0.369 e. The Morgan fingerprint density at radius 3 is 2.39 bits per heavy atom. The molecule has 2 aromatic heterocycles. The van der Waals surface area contributed by atoms with Gasteiger partial charge in [-0.1, -0.05) is 0 Å². The van der Waals surface area contributed by atoms with Crippen molar-refractivity contribution in [1.82, 2.24) is 30.0 Å². The summed E-state index contributed by atoms with van der Waals surface area (Å²) in [6, 6.07) is 8.59. The molecule has 1 aliphatic carbocycles. The quantitative estimate of drug-likeness (QED) is 0.574. The van der Waals surface area contributed by atoms with E-state index in [4.69, 9.17) is 4.98 Å². The van der Waals surface area contributed by atoms with Gasteiger partial charge in [0.25, 0.3) is 0 Å². The summed E-state index contributed by atoms with van der Waals surface area (Å²) in [5.41, 5.74) is 3.19. The molecule has 0 unspecified atom stereocenters. The van der Waals surface area contributed by atoms with E-state index in [1.54, 1.807) is 0 Å². The van der Waals surface area contributed by atoms with Gasteiger partial charge in [-0.3, -0.25) is 0 Å². The van der Waals surface area contributed by atoms with Crippen molar-refractivity contribution < 1.29 is 0 Å². The molecule has 33 heavy (non-hydrogen) atoms. The number of piperazine rings is 1. The van der Waals surface area contributed by atoms with E-state index in [1.165, 1.54) is 31.4 Å². The number of nitrogens with zero attached hydrogens (tertiary/aromatic N) is 6. The van der Waals surface area contributed by atoms with E-state index in [-0.39, 0.29) is 0 Å². The van der Waals surface area contributed by atoms with Crippen LogP contribution in [-0.2, 0) is 6.54 Å². The van der Waals surface area contributed by atoms with Crippen LogP contribution in [0.25, 0.3) is 11.0 Å². The number of nitrogens with one attached hydrogen (secondary N) is 2. The highest BCUT2D eigenvalue weighted by atomic mass is 15.3. The summed E-state index contributed by atoms with van der Waals surface area (Å²) in [7, 11) is 4.23. The number of hydrogen-bond donors (Lipinski definition) is 2. The van der Waals surface area contributed by atoms with Crippen LogP contribution in [-0.4, -0.2) is 71.5 Å². The molecule has 2 aliphatic rings. The smallest absolute Gasteiger partial charge is 0.229 e. The van der Waals surface area contributed by atoms with E-state index < -0.39 is 0 Å². The predicted octanol–water partition coefficient (Wildman–Crippen LogP) is 3.35. The normalized spacial score (nSPS) is 22.1. The molecule has 2 N–H and O–H groups in total. The van der Waals surface area contributed by atoms with Gasteiger partial charge in [-0.15, -0.1) is 0 Å². The molecular formula is C25H36N8. The maximum absolute atomic E-state index is 4.81. The Kier molecular flexibility index (Phi) is 6.73. The molecule has 0 atom stereocenters. The first-order chi connectivity index (χ1) is 16.2. The van der Waals surface area contributed by atoms with Crippen molar-refractivity contribution in [2.75, 3.05) is 57.0 Å². The van der Waals surface area contributed by atoms with E-state index in [0.29, 0.717) is 11.9 Å². The number of anilines is 3. The number of aromatic nitrogens is 4. The second-order valence-corrected chi connectivity index (χ2v) is 9.71. The zero-order valence-electron chi connectivity index (χ0n) is 19.9. The van der Waals surface area contributed by atoms with Gasteiger partial charge in [0, 0.05) is 50.3 Å². The molecule has 1 saturated carbocycles. The van der Waals surface area contributed by atoms with Crippen molar-refractivity contribution >= 4 is 28.4 Å². The van der Waals surface area contributed by atoms with Crippen LogP contribution in [0, 0.1) is 11.8 Å². The fourth-order valence-electron chi connectivity index (χ4n) is 5.16. The van der Waals surface area contributed by atoms with Gasteiger partial charge < -0.3 is 20.4 Å². The largest absolute Gasteiger partial charge is 0.369 e. The van der Waals surface area contributed by atoms with Crippen molar-refractivity contribution in [3.63, 3.8) is 0 Å². The number of benzene rings is 1. The third-order valence-corrected chi connectivity index (χ3v) is 7.26. The fraction of sp³-hybridized carbons (Fsp3) is 0.560. The average molecular weight is 449 g/mol. The molecule has 0 bridgehead atoms. The first kappa shape index (κ1) is 22.1. The highest BCUT2D eigenvalue weighted by molar-refractivity contribution is 5.75. The van der Waals surface area contributed by atoms with Gasteiger partial charge in [0.2, 0.25) is 5.95 Å². The molecular weight excluding hydrogens is 412 g/mol. The fourth-order valence-corrected chi connectivity index (χ4v) is 5.16. The molecule has 3 aromatic rings. The van der Waals surface area contributed by atoms with Crippen molar-refractivity contribution in [2.24, 2.45) is 11.8 Å². The SMILES string of the molecule is CNCC1CCC(Cn2ncc3cnc(Nc4ccc(N5CCN(C)CC5)cc4)nc32)CC1. The van der Waals surface area contributed by atoms with Crippen LogP contribution in [0.2, 0.25) is 0 Å². The summed E-state index contributed by atoms with van der Waals surface area (Å²) in [5, 5.41) is 12.3. The Morgan fingerprint density at radius 1 is 0.939 bits per heavy atom.